The molecule has 0 spiro atoms. The number of likely N-dealkylation sites (tertiary alicyclic amines) is 1. The van der Waals surface area contributed by atoms with Crippen LogP contribution in [0.15, 0.2) is 72.3 Å². The van der Waals surface area contributed by atoms with Gasteiger partial charge in [-0.15, -0.1) is 24.8 Å². The largest absolute Gasteiger partial charge is 0.492 e. The second kappa shape index (κ2) is 13.6. The fraction of sp³-hybridized carbons (Fsp3) is 0.391. The minimum atomic E-state index is 0. The highest BCUT2D eigenvalue weighted by Crippen LogP contribution is 2.16. The summed E-state index contributed by atoms with van der Waals surface area (Å²) in [6, 6.07) is 20.8. The van der Waals surface area contributed by atoms with Crippen LogP contribution in [0.5, 0.6) is 5.75 Å². The van der Waals surface area contributed by atoms with E-state index in [2.05, 4.69) is 53.3 Å². The van der Waals surface area contributed by atoms with Gasteiger partial charge in [0.25, 0.3) is 0 Å². The summed E-state index contributed by atoms with van der Waals surface area (Å²) in [5.74, 6) is 0.964. The minimum Gasteiger partial charge on any atom is -0.492 e. The van der Waals surface area contributed by atoms with Gasteiger partial charge in [0, 0.05) is 32.7 Å². The van der Waals surface area contributed by atoms with Crippen molar-refractivity contribution in [3.63, 3.8) is 0 Å². The topological polar surface area (TPSA) is 15.7 Å². The Morgan fingerprint density at radius 2 is 1.54 bits per heavy atom. The number of hydrogen-bond donors (Lipinski definition) is 0. The SMILES string of the molecule is CN(CC=C1CCN(CCOc2ccccc2)CC1)Cc1ccccc1.Cl.Cl. The van der Waals surface area contributed by atoms with Crippen molar-refractivity contribution in [3.05, 3.63) is 77.9 Å². The van der Waals surface area contributed by atoms with E-state index in [-0.39, 0.29) is 24.8 Å². The van der Waals surface area contributed by atoms with E-state index in [1.807, 2.05) is 30.3 Å². The van der Waals surface area contributed by atoms with Gasteiger partial charge >= 0.3 is 0 Å². The summed E-state index contributed by atoms with van der Waals surface area (Å²) in [5, 5.41) is 0. The standard InChI is InChI=1S/C23H30N2O.2ClH/c1-24(20-22-8-4-2-5-9-22)15-12-21-13-16-25(17-14-21)18-19-26-23-10-6-3-7-11-23;;/h2-12H,13-20H2,1H3;2*1H. The van der Waals surface area contributed by atoms with Gasteiger partial charge in [-0.25, -0.2) is 0 Å². The van der Waals surface area contributed by atoms with Crippen LogP contribution in [0, 0.1) is 0 Å². The lowest BCUT2D eigenvalue weighted by Gasteiger charge is -2.28. The number of likely N-dealkylation sites (N-methyl/N-ethyl adjacent to an activating group) is 1. The number of para-hydroxylation sites is 1. The lowest BCUT2D eigenvalue weighted by Crippen LogP contribution is -2.34. The number of rotatable bonds is 8. The van der Waals surface area contributed by atoms with Crippen molar-refractivity contribution in [2.75, 3.05) is 39.8 Å². The molecule has 1 saturated heterocycles. The van der Waals surface area contributed by atoms with E-state index >= 15 is 0 Å². The molecule has 28 heavy (non-hydrogen) atoms. The van der Waals surface area contributed by atoms with E-state index in [1.54, 1.807) is 5.57 Å². The number of piperidine rings is 1. The highest BCUT2D eigenvalue weighted by atomic mass is 35.5. The molecule has 0 atom stereocenters. The average Bonchev–Trinajstić information content (AvgIpc) is 2.69. The molecule has 2 aromatic rings. The number of hydrogen-bond acceptors (Lipinski definition) is 3. The second-order valence-electron chi connectivity index (χ2n) is 7.05. The van der Waals surface area contributed by atoms with Gasteiger partial charge in [-0.05, 0) is 37.6 Å². The molecule has 2 aromatic carbocycles. The third-order valence-electron chi connectivity index (χ3n) is 4.90. The highest BCUT2D eigenvalue weighted by molar-refractivity contribution is 5.85. The van der Waals surface area contributed by atoms with Crippen LogP contribution in [0.4, 0.5) is 0 Å². The molecule has 3 nitrogen and oxygen atoms in total. The summed E-state index contributed by atoms with van der Waals surface area (Å²) >= 11 is 0. The molecule has 0 bridgehead atoms. The van der Waals surface area contributed by atoms with Crippen LogP contribution in [0.3, 0.4) is 0 Å². The minimum absolute atomic E-state index is 0. The van der Waals surface area contributed by atoms with Crippen molar-refractivity contribution < 1.29 is 4.74 Å². The Balaban J connectivity index is 0.00000196. The van der Waals surface area contributed by atoms with E-state index < -0.39 is 0 Å². The molecule has 5 heteroatoms. The van der Waals surface area contributed by atoms with E-state index in [9.17, 15) is 0 Å². The Bertz CT molecular complexity index is 670. The van der Waals surface area contributed by atoms with Crippen LogP contribution in [-0.4, -0.2) is 49.6 Å². The molecule has 0 unspecified atom stereocenters. The van der Waals surface area contributed by atoms with Gasteiger partial charge in [0.2, 0.25) is 0 Å². The summed E-state index contributed by atoms with van der Waals surface area (Å²) in [5.41, 5.74) is 2.98. The Kier molecular flexibility index (Phi) is 11.9. The van der Waals surface area contributed by atoms with Gasteiger partial charge in [-0.1, -0.05) is 60.2 Å². The zero-order valence-electron chi connectivity index (χ0n) is 16.6. The Morgan fingerprint density at radius 1 is 0.929 bits per heavy atom. The number of ether oxygens (including phenoxy) is 1. The monoisotopic (exact) mass is 422 g/mol. The zero-order valence-corrected chi connectivity index (χ0v) is 18.3. The summed E-state index contributed by atoms with van der Waals surface area (Å²) in [6.45, 7) is 6.10. The predicted molar refractivity (Wildman–Crippen MR) is 123 cm³/mol. The fourth-order valence-electron chi connectivity index (χ4n) is 3.32. The molecule has 0 radical (unpaired) electrons. The quantitative estimate of drug-likeness (QED) is 0.552. The number of halogens is 2. The Labute approximate surface area is 182 Å². The molecule has 1 fully saturated rings. The molecular weight excluding hydrogens is 391 g/mol. The maximum absolute atomic E-state index is 5.81. The lowest BCUT2D eigenvalue weighted by molar-refractivity contribution is 0.199. The van der Waals surface area contributed by atoms with Crippen LogP contribution in [0.1, 0.15) is 18.4 Å². The molecule has 0 N–H and O–H groups in total. The third kappa shape index (κ3) is 8.66. The average molecular weight is 423 g/mol. The van der Waals surface area contributed by atoms with Crippen LogP contribution < -0.4 is 4.74 Å². The first kappa shape index (κ1) is 24.5. The van der Waals surface area contributed by atoms with Crippen LogP contribution in [0.25, 0.3) is 0 Å². The van der Waals surface area contributed by atoms with Crippen molar-refractivity contribution in [2.24, 2.45) is 0 Å². The van der Waals surface area contributed by atoms with Gasteiger partial charge in [-0.3, -0.25) is 9.80 Å². The normalized spacial score (nSPS) is 14.1. The van der Waals surface area contributed by atoms with Gasteiger partial charge < -0.3 is 4.74 Å². The molecule has 0 saturated carbocycles. The Morgan fingerprint density at radius 3 is 2.18 bits per heavy atom. The van der Waals surface area contributed by atoms with Crippen LogP contribution >= 0.6 is 24.8 Å². The van der Waals surface area contributed by atoms with Crippen molar-refractivity contribution in [3.8, 4) is 5.75 Å². The predicted octanol–water partition coefficient (Wildman–Crippen LogP) is 5.06. The highest BCUT2D eigenvalue weighted by Gasteiger charge is 2.13. The fourth-order valence-corrected chi connectivity index (χ4v) is 3.32. The first-order valence-electron chi connectivity index (χ1n) is 9.60. The second-order valence-corrected chi connectivity index (χ2v) is 7.05. The van der Waals surface area contributed by atoms with Gasteiger partial charge in [0.1, 0.15) is 12.4 Å². The van der Waals surface area contributed by atoms with E-state index in [1.165, 1.54) is 18.4 Å². The van der Waals surface area contributed by atoms with Crippen molar-refractivity contribution in [1.29, 1.82) is 0 Å². The molecule has 0 amide bonds. The van der Waals surface area contributed by atoms with E-state index in [0.29, 0.717) is 0 Å². The van der Waals surface area contributed by atoms with Gasteiger partial charge in [0.05, 0.1) is 0 Å². The summed E-state index contributed by atoms with van der Waals surface area (Å²) in [4.78, 5) is 4.89. The summed E-state index contributed by atoms with van der Waals surface area (Å²) in [6.07, 6.45) is 4.80. The molecular formula is C23H32Cl2N2O. The van der Waals surface area contributed by atoms with Crippen molar-refractivity contribution in [1.82, 2.24) is 9.80 Å². The zero-order chi connectivity index (χ0) is 18.0. The molecule has 0 aliphatic carbocycles. The van der Waals surface area contributed by atoms with Crippen molar-refractivity contribution >= 4 is 24.8 Å². The number of benzene rings is 2. The van der Waals surface area contributed by atoms with E-state index in [4.69, 9.17) is 4.74 Å². The lowest BCUT2D eigenvalue weighted by atomic mass is 10.0. The summed E-state index contributed by atoms with van der Waals surface area (Å²) < 4.78 is 5.81. The molecule has 0 aromatic heterocycles. The number of nitrogens with zero attached hydrogens (tertiary/aromatic N) is 2. The molecule has 1 aliphatic heterocycles. The van der Waals surface area contributed by atoms with Crippen LogP contribution in [-0.2, 0) is 6.54 Å². The Hall–Kier alpha value is -1.52. The molecule has 3 rings (SSSR count). The van der Waals surface area contributed by atoms with Crippen LogP contribution in [0.2, 0.25) is 0 Å². The maximum Gasteiger partial charge on any atom is 0.119 e. The molecule has 1 aliphatic rings. The smallest absolute Gasteiger partial charge is 0.119 e. The van der Waals surface area contributed by atoms with E-state index in [0.717, 1.165) is 45.1 Å². The first-order valence-corrected chi connectivity index (χ1v) is 9.60. The maximum atomic E-state index is 5.81. The summed E-state index contributed by atoms with van der Waals surface area (Å²) in [7, 11) is 2.19. The molecule has 154 valence electrons. The van der Waals surface area contributed by atoms with Crippen molar-refractivity contribution in [2.45, 2.75) is 19.4 Å². The first-order chi connectivity index (χ1) is 12.8. The van der Waals surface area contributed by atoms with Gasteiger partial charge in [0.15, 0.2) is 0 Å². The van der Waals surface area contributed by atoms with Gasteiger partial charge in [-0.2, -0.15) is 0 Å². The third-order valence-corrected chi connectivity index (χ3v) is 4.90. The molecule has 1 heterocycles.